The Labute approximate surface area is 133 Å². The normalized spacial score (nSPS) is 22.3. The van der Waals surface area contributed by atoms with E-state index in [1.807, 2.05) is 0 Å². The minimum absolute atomic E-state index is 0.122. The lowest BCUT2D eigenvalue weighted by Gasteiger charge is -2.17. The largest absolute Gasteiger partial charge is 0.378 e. The third kappa shape index (κ3) is 2.89. The minimum atomic E-state index is -0.441. The number of alkyl halides is 1. The molecule has 0 amide bonds. The molecule has 0 radical (unpaired) electrons. The van der Waals surface area contributed by atoms with Crippen molar-refractivity contribution in [1.29, 1.82) is 0 Å². The zero-order chi connectivity index (χ0) is 15.0. The van der Waals surface area contributed by atoms with Crippen molar-refractivity contribution in [1.82, 2.24) is 9.55 Å². The van der Waals surface area contributed by atoms with Gasteiger partial charge in [-0.05, 0) is 19.4 Å². The first-order valence-electron chi connectivity index (χ1n) is 7.12. The van der Waals surface area contributed by atoms with Crippen LogP contribution in [-0.2, 0) is 17.7 Å². The number of ether oxygens (including phenoxy) is 1. The first-order valence-corrected chi connectivity index (χ1v) is 8.03. The summed E-state index contributed by atoms with van der Waals surface area (Å²) in [5.74, 6) is 1.35. The molecule has 6 heteroatoms. The first-order chi connectivity index (χ1) is 10.1. The van der Waals surface area contributed by atoms with E-state index >= 15 is 0 Å². The van der Waals surface area contributed by atoms with E-state index in [4.69, 9.17) is 27.9 Å². The van der Waals surface area contributed by atoms with Gasteiger partial charge in [-0.25, -0.2) is 9.37 Å². The molecule has 2 aromatic rings. The molecule has 2 heterocycles. The third-order valence-electron chi connectivity index (χ3n) is 4.14. The van der Waals surface area contributed by atoms with Gasteiger partial charge in [0.1, 0.15) is 11.6 Å². The van der Waals surface area contributed by atoms with Gasteiger partial charge in [-0.2, -0.15) is 0 Å². The number of benzene rings is 1. The fraction of sp³-hybridized carbons (Fsp3) is 0.533. The molecular formula is C15H17Cl2FN2O. The van der Waals surface area contributed by atoms with Crippen LogP contribution in [0.25, 0.3) is 11.0 Å². The van der Waals surface area contributed by atoms with Crippen LogP contribution in [-0.4, -0.2) is 28.1 Å². The maximum atomic E-state index is 13.6. The van der Waals surface area contributed by atoms with Gasteiger partial charge in [-0.3, -0.25) is 0 Å². The molecule has 1 aliphatic heterocycles. The number of nitrogens with zero attached hydrogens (tertiary/aromatic N) is 2. The predicted octanol–water partition coefficient (Wildman–Crippen LogP) is 4.04. The molecule has 0 saturated carbocycles. The van der Waals surface area contributed by atoms with Crippen molar-refractivity contribution in [3.8, 4) is 0 Å². The molecule has 2 atom stereocenters. The fourth-order valence-electron chi connectivity index (χ4n) is 2.90. The highest BCUT2D eigenvalue weighted by Gasteiger charge is 2.26. The van der Waals surface area contributed by atoms with Crippen LogP contribution in [0.1, 0.15) is 19.2 Å². The summed E-state index contributed by atoms with van der Waals surface area (Å²) >= 11 is 11.8. The van der Waals surface area contributed by atoms with Crippen molar-refractivity contribution >= 4 is 34.2 Å². The molecule has 0 spiro atoms. The van der Waals surface area contributed by atoms with Crippen molar-refractivity contribution in [2.24, 2.45) is 5.92 Å². The number of aryl methyl sites for hydroxylation is 1. The lowest BCUT2D eigenvalue weighted by atomic mass is 10.0. The van der Waals surface area contributed by atoms with E-state index in [1.54, 1.807) is 6.07 Å². The molecular weight excluding hydrogens is 314 g/mol. The van der Waals surface area contributed by atoms with E-state index in [1.165, 1.54) is 6.07 Å². The van der Waals surface area contributed by atoms with Gasteiger partial charge < -0.3 is 9.30 Å². The van der Waals surface area contributed by atoms with Gasteiger partial charge in [0.2, 0.25) is 0 Å². The number of aromatic nitrogens is 2. The number of imidazole rings is 1. The van der Waals surface area contributed by atoms with Crippen LogP contribution in [0.5, 0.6) is 0 Å². The highest BCUT2D eigenvalue weighted by atomic mass is 35.5. The van der Waals surface area contributed by atoms with Gasteiger partial charge in [0.25, 0.3) is 0 Å². The van der Waals surface area contributed by atoms with Crippen LogP contribution < -0.4 is 0 Å². The van der Waals surface area contributed by atoms with Crippen LogP contribution in [0.4, 0.5) is 4.39 Å². The summed E-state index contributed by atoms with van der Waals surface area (Å²) < 4.78 is 21.3. The van der Waals surface area contributed by atoms with E-state index in [0.29, 0.717) is 23.7 Å². The topological polar surface area (TPSA) is 27.1 Å². The van der Waals surface area contributed by atoms with Crippen LogP contribution in [0, 0.1) is 11.7 Å². The Hall–Kier alpha value is -0.840. The monoisotopic (exact) mass is 330 g/mol. The van der Waals surface area contributed by atoms with E-state index in [9.17, 15) is 4.39 Å². The lowest BCUT2D eigenvalue weighted by molar-refractivity contribution is 0.102. The summed E-state index contributed by atoms with van der Waals surface area (Å²) in [5.41, 5.74) is 1.49. The second-order valence-corrected chi connectivity index (χ2v) is 6.24. The number of hydrogen-bond donors (Lipinski definition) is 0. The van der Waals surface area contributed by atoms with Crippen LogP contribution in [0.15, 0.2) is 12.1 Å². The zero-order valence-electron chi connectivity index (χ0n) is 11.8. The molecule has 1 fully saturated rings. The van der Waals surface area contributed by atoms with Gasteiger partial charge in [-0.15, -0.1) is 11.6 Å². The van der Waals surface area contributed by atoms with Crippen molar-refractivity contribution in [2.75, 3.05) is 12.5 Å². The molecule has 0 N–H and O–H groups in total. The average Bonchev–Trinajstić information content (AvgIpc) is 2.98. The molecule has 1 saturated heterocycles. The summed E-state index contributed by atoms with van der Waals surface area (Å²) in [4.78, 5) is 4.51. The zero-order valence-corrected chi connectivity index (χ0v) is 13.3. The lowest BCUT2D eigenvalue weighted by Crippen LogP contribution is -2.19. The maximum Gasteiger partial charge on any atom is 0.144 e. The molecule has 3 nitrogen and oxygen atoms in total. The predicted molar refractivity (Wildman–Crippen MR) is 82.6 cm³/mol. The highest BCUT2D eigenvalue weighted by Crippen LogP contribution is 2.28. The van der Waals surface area contributed by atoms with Crippen molar-refractivity contribution in [3.05, 3.63) is 28.8 Å². The van der Waals surface area contributed by atoms with Crippen molar-refractivity contribution in [2.45, 2.75) is 32.4 Å². The quantitative estimate of drug-likeness (QED) is 0.791. The molecule has 114 valence electrons. The summed E-state index contributed by atoms with van der Waals surface area (Å²) in [6.45, 7) is 3.68. The Kier molecular flexibility index (Phi) is 4.38. The number of rotatable bonds is 4. The van der Waals surface area contributed by atoms with Crippen molar-refractivity contribution < 1.29 is 9.13 Å². The standard InChI is InChI=1S/C15H17Cl2FN2O/c1-9-10(3-5-21-9)8-20-14-6-11(17)12(18)7-13(14)19-15(20)2-4-16/h6-7,9-10H,2-5,8H2,1H3. The van der Waals surface area contributed by atoms with E-state index in [0.717, 1.165) is 30.9 Å². The summed E-state index contributed by atoms with van der Waals surface area (Å²) in [6.07, 6.45) is 1.90. The Bertz CT molecular complexity index is 659. The van der Waals surface area contributed by atoms with E-state index in [2.05, 4.69) is 16.5 Å². The summed E-state index contributed by atoms with van der Waals surface area (Å²) in [5, 5.41) is 0.122. The smallest absolute Gasteiger partial charge is 0.144 e. The number of halogens is 3. The minimum Gasteiger partial charge on any atom is -0.378 e. The van der Waals surface area contributed by atoms with Gasteiger partial charge in [0.15, 0.2) is 0 Å². The van der Waals surface area contributed by atoms with Crippen LogP contribution >= 0.6 is 23.2 Å². The van der Waals surface area contributed by atoms with Crippen molar-refractivity contribution in [3.63, 3.8) is 0 Å². The Balaban J connectivity index is 2.04. The Morgan fingerprint density at radius 1 is 1.48 bits per heavy atom. The van der Waals surface area contributed by atoms with E-state index in [-0.39, 0.29) is 11.1 Å². The van der Waals surface area contributed by atoms with Crippen LogP contribution in [0.3, 0.4) is 0 Å². The summed E-state index contributed by atoms with van der Waals surface area (Å²) in [7, 11) is 0. The molecule has 1 aromatic carbocycles. The Morgan fingerprint density at radius 2 is 2.29 bits per heavy atom. The maximum absolute atomic E-state index is 13.6. The average molecular weight is 331 g/mol. The number of hydrogen-bond acceptors (Lipinski definition) is 2. The van der Waals surface area contributed by atoms with Gasteiger partial charge in [0, 0.05) is 37.4 Å². The van der Waals surface area contributed by atoms with Crippen LogP contribution in [0.2, 0.25) is 5.02 Å². The molecule has 3 rings (SSSR count). The molecule has 1 aromatic heterocycles. The van der Waals surface area contributed by atoms with Gasteiger partial charge in [-0.1, -0.05) is 11.6 Å². The first kappa shape index (κ1) is 15.1. The van der Waals surface area contributed by atoms with Gasteiger partial charge in [0.05, 0.1) is 22.2 Å². The molecule has 1 aliphatic rings. The van der Waals surface area contributed by atoms with Gasteiger partial charge >= 0.3 is 0 Å². The molecule has 2 unspecified atom stereocenters. The number of fused-ring (bicyclic) bond motifs is 1. The molecule has 0 aliphatic carbocycles. The second-order valence-electron chi connectivity index (χ2n) is 5.46. The Morgan fingerprint density at radius 3 is 2.95 bits per heavy atom. The van der Waals surface area contributed by atoms with E-state index < -0.39 is 5.82 Å². The third-order valence-corrected chi connectivity index (χ3v) is 4.62. The molecule has 21 heavy (non-hydrogen) atoms. The highest BCUT2D eigenvalue weighted by molar-refractivity contribution is 6.31. The fourth-order valence-corrected chi connectivity index (χ4v) is 3.23. The summed E-state index contributed by atoms with van der Waals surface area (Å²) in [6, 6.07) is 3.04. The SMILES string of the molecule is CC1OCCC1Cn1c(CCCl)nc2cc(F)c(Cl)cc21. The second kappa shape index (κ2) is 6.11. The molecule has 0 bridgehead atoms.